The summed E-state index contributed by atoms with van der Waals surface area (Å²) in [5, 5.41) is 9.06. The minimum atomic E-state index is -0.954. The van der Waals surface area contributed by atoms with Crippen LogP contribution in [0, 0.1) is 3.57 Å². The third-order valence-corrected chi connectivity index (χ3v) is 3.40. The number of ether oxygens (including phenoxy) is 1. The van der Waals surface area contributed by atoms with Crippen molar-refractivity contribution in [1.82, 2.24) is 4.90 Å². The molecule has 100 valence electrons. The zero-order chi connectivity index (χ0) is 13.5. The zero-order valence-corrected chi connectivity index (χ0v) is 12.8. The molecule has 0 aliphatic rings. The maximum Gasteiger partial charge on any atom is 0.339 e. The maximum atomic E-state index is 11.0. The van der Waals surface area contributed by atoms with Crippen LogP contribution in [0.1, 0.15) is 24.2 Å². The number of hydrogen-bond donors (Lipinski definition) is 1. The Morgan fingerprint density at radius 3 is 2.61 bits per heavy atom. The number of benzene rings is 1. The van der Waals surface area contributed by atoms with Crippen molar-refractivity contribution in [3.05, 3.63) is 27.3 Å². The summed E-state index contributed by atoms with van der Waals surface area (Å²) in [7, 11) is 0. The molecule has 1 aromatic carbocycles. The minimum absolute atomic E-state index is 0.218. The van der Waals surface area contributed by atoms with Gasteiger partial charge in [0.2, 0.25) is 0 Å². The van der Waals surface area contributed by atoms with E-state index in [0.717, 1.165) is 23.2 Å². The van der Waals surface area contributed by atoms with Gasteiger partial charge in [-0.05, 0) is 53.9 Å². The van der Waals surface area contributed by atoms with Crippen LogP contribution in [0.4, 0.5) is 0 Å². The third-order valence-electron chi connectivity index (χ3n) is 2.73. The van der Waals surface area contributed by atoms with Gasteiger partial charge in [-0.15, -0.1) is 0 Å². The maximum absolute atomic E-state index is 11.0. The monoisotopic (exact) mass is 363 g/mol. The van der Waals surface area contributed by atoms with Crippen molar-refractivity contribution in [3.63, 3.8) is 0 Å². The van der Waals surface area contributed by atoms with Crippen LogP contribution in [-0.4, -0.2) is 42.2 Å². The third kappa shape index (κ3) is 4.45. The number of halogens is 1. The number of hydrogen-bond acceptors (Lipinski definition) is 3. The van der Waals surface area contributed by atoms with E-state index >= 15 is 0 Å². The van der Waals surface area contributed by atoms with Crippen LogP contribution in [0.2, 0.25) is 0 Å². The van der Waals surface area contributed by atoms with E-state index in [1.54, 1.807) is 18.2 Å². The molecule has 1 rings (SSSR count). The fourth-order valence-corrected chi connectivity index (χ4v) is 2.08. The lowest BCUT2D eigenvalue weighted by atomic mass is 10.2. The first-order valence-corrected chi connectivity index (χ1v) is 7.04. The molecule has 0 saturated heterocycles. The Hall–Kier alpha value is -0.820. The molecule has 0 heterocycles. The molecule has 0 spiro atoms. The van der Waals surface area contributed by atoms with Crippen molar-refractivity contribution < 1.29 is 14.6 Å². The summed E-state index contributed by atoms with van der Waals surface area (Å²) in [4.78, 5) is 13.3. The highest BCUT2D eigenvalue weighted by Crippen LogP contribution is 2.21. The van der Waals surface area contributed by atoms with Gasteiger partial charge >= 0.3 is 5.97 Å². The molecule has 1 aromatic rings. The van der Waals surface area contributed by atoms with Gasteiger partial charge in [-0.2, -0.15) is 0 Å². The molecule has 0 aliphatic carbocycles. The average Bonchev–Trinajstić information content (AvgIpc) is 2.34. The highest BCUT2D eigenvalue weighted by molar-refractivity contribution is 14.1. The van der Waals surface area contributed by atoms with E-state index in [9.17, 15) is 4.79 Å². The lowest BCUT2D eigenvalue weighted by Crippen LogP contribution is -2.28. The molecule has 0 fully saturated rings. The molecule has 1 N–H and O–H groups in total. The zero-order valence-electron chi connectivity index (χ0n) is 10.6. The molecule has 5 heteroatoms. The Kier molecular flexibility index (Phi) is 6.42. The van der Waals surface area contributed by atoms with Crippen LogP contribution in [0.5, 0.6) is 5.75 Å². The lowest BCUT2D eigenvalue weighted by Gasteiger charge is -2.18. The molecule has 0 atom stereocenters. The first kappa shape index (κ1) is 15.2. The minimum Gasteiger partial charge on any atom is -0.491 e. The number of aromatic carboxylic acids is 1. The summed E-state index contributed by atoms with van der Waals surface area (Å²) in [6.07, 6.45) is 0. The molecule has 4 nitrogen and oxygen atoms in total. The molecular weight excluding hydrogens is 345 g/mol. The van der Waals surface area contributed by atoms with Crippen LogP contribution >= 0.6 is 22.6 Å². The van der Waals surface area contributed by atoms with Crippen molar-refractivity contribution >= 4 is 28.6 Å². The molecule has 0 radical (unpaired) electrons. The van der Waals surface area contributed by atoms with E-state index in [1.165, 1.54) is 0 Å². The van der Waals surface area contributed by atoms with Gasteiger partial charge in [0.25, 0.3) is 0 Å². The van der Waals surface area contributed by atoms with E-state index in [-0.39, 0.29) is 5.56 Å². The van der Waals surface area contributed by atoms with E-state index in [0.29, 0.717) is 12.4 Å². The fraction of sp³-hybridized carbons (Fsp3) is 0.462. The summed E-state index contributed by atoms with van der Waals surface area (Å²) in [5.74, 6) is -0.509. The second-order valence-corrected chi connectivity index (χ2v) is 5.07. The molecule has 18 heavy (non-hydrogen) atoms. The summed E-state index contributed by atoms with van der Waals surface area (Å²) in [6.45, 7) is 7.44. The van der Waals surface area contributed by atoms with Crippen LogP contribution in [0.3, 0.4) is 0 Å². The molecule has 0 unspecified atom stereocenters. The first-order valence-electron chi connectivity index (χ1n) is 5.96. The van der Waals surface area contributed by atoms with Crippen molar-refractivity contribution in [1.29, 1.82) is 0 Å². The number of carboxylic acid groups (broad SMARTS) is 1. The summed E-state index contributed by atoms with van der Waals surface area (Å²) in [5.41, 5.74) is 0.218. The van der Waals surface area contributed by atoms with E-state index in [2.05, 4.69) is 41.3 Å². The SMILES string of the molecule is CCN(CC)CCOc1cc(I)ccc1C(=O)O. The average molecular weight is 363 g/mol. The summed E-state index contributed by atoms with van der Waals surface area (Å²) in [6, 6.07) is 5.10. The molecule has 0 aliphatic heterocycles. The number of nitrogens with zero attached hydrogens (tertiary/aromatic N) is 1. The Bertz CT molecular complexity index is 405. The molecule has 0 aromatic heterocycles. The standard InChI is InChI=1S/C13H18INO3/c1-3-15(4-2)7-8-18-12-9-10(14)5-6-11(12)13(16)17/h5-6,9H,3-4,7-8H2,1-2H3,(H,16,17). The predicted molar refractivity (Wildman–Crippen MR) is 79.4 cm³/mol. The Morgan fingerprint density at radius 1 is 1.39 bits per heavy atom. The molecule has 0 amide bonds. The van der Waals surface area contributed by atoms with Crippen LogP contribution in [0.15, 0.2) is 18.2 Å². The second kappa shape index (κ2) is 7.58. The van der Waals surface area contributed by atoms with Crippen molar-refractivity contribution in [2.75, 3.05) is 26.2 Å². The Balaban J connectivity index is 2.66. The molecule has 0 bridgehead atoms. The van der Waals surface area contributed by atoms with E-state index in [1.807, 2.05) is 0 Å². The van der Waals surface area contributed by atoms with Crippen molar-refractivity contribution in [3.8, 4) is 5.75 Å². The summed E-state index contributed by atoms with van der Waals surface area (Å²) < 4.78 is 6.55. The first-order chi connectivity index (χ1) is 8.58. The van der Waals surface area contributed by atoms with Crippen molar-refractivity contribution in [2.45, 2.75) is 13.8 Å². The number of carboxylic acids is 1. The van der Waals surface area contributed by atoms with Crippen LogP contribution in [0.25, 0.3) is 0 Å². The molecular formula is C13H18INO3. The second-order valence-electron chi connectivity index (χ2n) is 3.82. The topological polar surface area (TPSA) is 49.8 Å². The van der Waals surface area contributed by atoms with Crippen LogP contribution < -0.4 is 4.74 Å². The smallest absolute Gasteiger partial charge is 0.339 e. The number of carbonyl (C=O) groups is 1. The predicted octanol–water partition coefficient (Wildman–Crippen LogP) is 2.71. The van der Waals surface area contributed by atoms with E-state index < -0.39 is 5.97 Å². The van der Waals surface area contributed by atoms with Gasteiger partial charge in [-0.25, -0.2) is 4.79 Å². The van der Waals surface area contributed by atoms with Gasteiger partial charge in [0.05, 0.1) is 0 Å². The highest BCUT2D eigenvalue weighted by atomic mass is 127. The van der Waals surface area contributed by atoms with Gasteiger partial charge in [-0.1, -0.05) is 13.8 Å². The largest absolute Gasteiger partial charge is 0.491 e. The van der Waals surface area contributed by atoms with Crippen LogP contribution in [-0.2, 0) is 0 Å². The van der Waals surface area contributed by atoms with Crippen molar-refractivity contribution in [2.24, 2.45) is 0 Å². The number of likely N-dealkylation sites (N-methyl/N-ethyl adjacent to an activating group) is 1. The quantitative estimate of drug-likeness (QED) is 0.757. The lowest BCUT2D eigenvalue weighted by molar-refractivity contribution is 0.0691. The van der Waals surface area contributed by atoms with Gasteiger partial charge in [0.1, 0.15) is 17.9 Å². The highest BCUT2D eigenvalue weighted by Gasteiger charge is 2.11. The summed E-state index contributed by atoms with van der Waals surface area (Å²) >= 11 is 2.14. The number of rotatable bonds is 7. The Morgan fingerprint density at radius 2 is 2.06 bits per heavy atom. The molecule has 0 saturated carbocycles. The van der Waals surface area contributed by atoms with Gasteiger partial charge in [-0.3, -0.25) is 0 Å². The Labute approximate surface area is 121 Å². The van der Waals surface area contributed by atoms with Gasteiger partial charge < -0.3 is 14.7 Å². The van der Waals surface area contributed by atoms with Gasteiger partial charge in [0.15, 0.2) is 0 Å². The van der Waals surface area contributed by atoms with E-state index in [4.69, 9.17) is 9.84 Å². The van der Waals surface area contributed by atoms with Gasteiger partial charge in [0, 0.05) is 10.1 Å². The normalized spacial score (nSPS) is 10.7. The fourth-order valence-electron chi connectivity index (χ4n) is 1.62.